The van der Waals surface area contributed by atoms with Crippen LogP contribution in [0.15, 0.2) is 42.5 Å². The van der Waals surface area contributed by atoms with Crippen LogP contribution < -0.4 is 15.5 Å². The van der Waals surface area contributed by atoms with Crippen LogP contribution in [0, 0.1) is 11.3 Å². The summed E-state index contributed by atoms with van der Waals surface area (Å²) in [7, 11) is 0. The summed E-state index contributed by atoms with van der Waals surface area (Å²) in [5.41, 5.74) is 7.29. The zero-order valence-corrected chi connectivity index (χ0v) is 12.6. The van der Waals surface area contributed by atoms with Gasteiger partial charge >= 0.3 is 0 Å². The minimum absolute atomic E-state index is 0.412. The average molecular weight is 307 g/mol. The topological polar surface area (TPSA) is 86.3 Å². The predicted molar refractivity (Wildman–Crippen MR) is 88.3 cm³/mol. The summed E-state index contributed by atoms with van der Waals surface area (Å²) in [6, 6.07) is 14.9. The molecule has 6 nitrogen and oxygen atoms in total. The Kier molecular flexibility index (Phi) is 4.11. The molecule has 2 aromatic rings. The first-order valence-electron chi connectivity index (χ1n) is 7.44. The van der Waals surface area contributed by atoms with Crippen molar-refractivity contribution in [3.05, 3.63) is 53.7 Å². The Morgan fingerprint density at radius 2 is 1.70 bits per heavy atom. The molecule has 0 saturated carbocycles. The molecule has 0 unspecified atom stereocenters. The van der Waals surface area contributed by atoms with Crippen molar-refractivity contribution < 1.29 is 4.79 Å². The second kappa shape index (κ2) is 6.36. The third kappa shape index (κ3) is 3.24. The molecule has 1 saturated heterocycles. The quantitative estimate of drug-likeness (QED) is 0.925. The van der Waals surface area contributed by atoms with Gasteiger partial charge in [0.2, 0.25) is 5.91 Å². The summed E-state index contributed by atoms with van der Waals surface area (Å²) in [5, 5.41) is 8.94. The Bertz CT molecular complexity index is 742. The number of hydrogen-bond donors (Lipinski definition) is 1. The van der Waals surface area contributed by atoms with Crippen LogP contribution in [0.1, 0.15) is 16.1 Å². The molecule has 0 radical (unpaired) electrons. The first-order valence-corrected chi connectivity index (χ1v) is 7.44. The molecule has 2 N–H and O–H groups in total. The number of benzene rings is 1. The molecule has 1 aromatic carbocycles. The van der Waals surface area contributed by atoms with Crippen molar-refractivity contribution in [2.75, 3.05) is 36.0 Å². The predicted octanol–water partition coefficient (Wildman–Crippen LogP) is 1.38. The number of carbonyl (C=O) groups excluding carboxylic acids is 1. The number of amides is 1. The Morgan fingerprint density at radius 3 is 2.30 bits per heavy atom. The summed E-state index contributed by atoms with van der Waals surface area (Å²) in [6.45, 7) is 3.38. The molecule has 6 heteroatoms. The van der Waals surface area contributed by atoms with Gasteiger partial charge in [-0.25, -0.2) is 4.98 Å². The van der Waals surface area contributed by atoms with Gasteiger partial charge in [-0.15, -0.1) is 0 Å². The lowest BCUT2D eigenvalue weighted by atomic mass is 10.1. The van der Waals surface area contributed by atoms with Gasteiger partial charge in [0.05, 0.1) is 0 Å². The fourth-order valence-electron chi connectivity index (χ4n) is 2.69. The second-order valence-corrected chi connectivity index (χ2v) is 5.38. The number of anilines is 2. The summed E-state index contributed by atoms with van der Waals surface area (Å²) < 4.78 is 0. The number of piperazine rings is 1. The number of pyridine rings is 1. The van der Waals surface area contributed by atoms with Gasteiger partial charge in [0.1, 0.15) is 17.6 Å². The number of primary amides is 1. The number of aromatic nitrogens is 1. The number of carbonyl (C=O) groups is 1. The smallest absolute Gasteiger partial charge is 0.248 e. The van der Waals surface area contributed by atoms with E-state index in [1.807, 2.05) is 24.3 Å². The molecule has 0 atom stereocenters. The van der Waals surface area contributed by atoms with Crippen molar-refractivity contribution in [1.29, 1.82) is 5.26 Å². The Labute approximate surface area is 134 Å². The summed E-state index contributed by atoms with van der Waals surface area (Å²) in [4.78, 5) is 19.9. The van der Waals surface area contributed by atoms with Crippen LogP contribution in [-0.2, 0) is 0 Å². The highest BCUT2D eigenvalue weighted by atomic mass is 16.1. The van der Waals surface area contributed by atoms with Gasteiger partial charge in [0, 0.05) is 37.4 Å². The maximum atomic E-state index is 11.1. The Balaban J connectivity index is 1.66. The molecule has 116 valence electrons. The third-order valence-corrected chi connectivity index (χ3v) is 3.97. The van der Waals surface area contributed by atoms with E-state index < -0.39 is 5.91 Å². The molecule has 0 spiro atoms. The summed E-state index contributed by atoms with van der Waals surface area (Å²) in [5.74, 6) is 0.428. The lowest BCUT2D eigenvalue weighted by Gasteiger charge is -2.36. The van der Waals surface area contributed by atoms with Crippen LogP contribution in [0.5, 0.6) is 0 Å². The van der Waals surface area contributed by atoms with Crippen LogP contribution in [0.4, 0.5) is 11.5 Å². The van der Waals surface area contributed by atoms with Gasteiger partial charge in [-0.3, -0.25) is 4.79 Å². The molecule has 0 aliphatic carbocycles. The molecule has 23 heavy (non-hydrogen) atoms. The van der Waals surface area contributed by atoms with Gasteiger partial charge in [-0.1, -0.05) is 6.07 Å². The molecule has 1 fully saturated rings. The van der Waals surface area contributed by atoms with Crippen molar-refractivity contribution in [3.8, 4) is 6.07 Å². The lowest BCUT2D eigenvalue weighted by molar-refractivity contribution is 0.100. The maximum absolute atomic E-state index is 11.1. The minimum Gasteiger partial charge on any atom is -0.368 e. The average Bonchev–Trinajstić information content (AvgIpc) is 2.62. The number of nitriles is 1. The van der Waals surface area contributed by atoms with Gasteiger partial charge in [-0.2, -0.15) is 5.26 Å². The number of hydrogen-bond acceptors (Lipinski definition) is 5. The van der Waals surface area contributed by atoms with Crippen LogP contribution in [0.3, 0.4) is 0 Å². The first-order chi connectivity index (χ1) is 11.2. The van der Waals surface area contributed by atoms with E-state index >= 15 is 0 Å². The van der Waals surface area contributed by atoms with E-state index in [2.05, 4.69) is 20.9 Å². The number of nitrogens with two attached hydrogens (primary N) is 1. The van der Waals surface area contributed by atoms with E-state index in [4.69, 9.17) is 11.0 Å². The normalized spacial score (nSPS) is 14.4. The Morgan fingerprint density at radius 1 is 1.04 bits per heavy atom. The molecule has 2 heterocycles. The maximum Gasteiger partial charge on any atom is 0.248 e. The highest BCUT2D eigenvalue weighted by Gasteiger charge is 2.18. The zero-order chi connectivity index (χ0) is 16.2. The Hall–Kier alpha value is -3.07. The van der Waals surface area contributed by atoms with Crippen molar-refractivity contribution in [2.24, 2.45) is 5.73 Å². The van der Waals surface area contributed by atoms with E-state index in [-0.39, 0.29) is 0 Å². The van der Waals surface area contributed by atoms with Crippen LogP contribution in [0.25, 0.3) is 0 Å². The zero-order valence-electron chi connectivity index (χ0n) is 12.6. The minimum atomic E-state index is -0.412. The fraction of sp³-hybridized carbons (Fsp3) is 0.235. The number of rotatable bonds is 3. The summed E-state index contributed by atoms with van der Waals surface area (Å²) >= 11 is 0. The highest BCUT2D eigenvalue weighted by molar-refractivity contribution is 5.93. The molecule has 1 aromatic heterocycles. The van der Waals surface area contributed by atoms with Gasteiger partial charge in [0.25, 0.3) is 0 Å². The second-order valence-electron chi connectivity index (χ2n) is 5.38. The standard InChI is InChI=1S/C17H17N5O/c18-12-14-2-1-3-16(20-14)22-10-8-21(9-11-22)15-6-4-13(5-7-15)17(19)23/h1-7H,8-11H2,(H2,19,23). The van der Waals surface area contributed by atoms with Crippen LogP contribution in [-0.4, -0.2) is 37.1 Å². The van der Waals surface area contributed by atoms with Crippen LogP contribution >= 0.6 is 0 Å². The van der Waals surface area contributed by atoms with E-state index in [1.165, 1.54) is 0 Å². The monoisotopic (exact) mass is 307 g/mol. The van der Waals surface area contributed by atoms with Crippen molar-refractivity contribution in [1.82, 2.24) is 4.98 Å². The van der Waals surface area contributed by atoms with Crippen molar-refractivity contribution >= 4 is 17.4 Å². The summed E-state index contributed by atoms with van der Waals surface area (Å²) in [6.07, 6.45) is 0. The van der Waals surface area contributed by atoms with E-state index in [1.54, 1.807) is 18.2 Å². The first kappa shape index (κ1) is 14.9. The largest absolute Gasteiger partial charge is 0.368 e. The molecular formula is C17H17N5O. The van der Waals surface area contributed by atoms with Crippen LogP contribution in [0.2, 0.25) is 0 Å². The lowest BCUT2D eigenvalue weighted by Crippen LogP contribution is -2.46. The van der Waals surface area contributed by atoms with Gasteiger partial charge in [-0.05, 0) is 36.4 Å². The van der Waals surface area contributed by atoms with Gasteiger partial charge in [0.15, 0.2) is 0 Å². The fourth-order valence-corrected chi connectivity index (χ4v) is 2.69. The van der Waals surface area contributed by atoms with Crippen molar-refractivity contribution in [3.63, 3.8) is 0 Å². The molecule has 1 amide bonds. The molecule has 0 bridgehead atoms. The SMILES string of the molecule is N#Cc1cccc(N2CCN(c3ccc(C(N)=O)cc3)CC2)n1. The van der Waals surface area contributed by atoms with Gasteiger partial charge < -0.3 is 15.5 Å². The highest BCUT2D eigenvalue weighted by Crippen LogP contribution is 2.20. The number of nitrogens with zero attached hydrogens (tertiary/aromatic N) is 4. The van der Waals surface area contributed by atoms with E-state index in [9.17, 15) is 4.79 Å². The van der Waals surface area contributed by atoms with E-state index in [0.29, 0.717) is 11.3 Å². The third-order valence-electron chi connectivity index (χ3n) is 3.97. The molecular weight excluding hydrogens is 290 g/mol. The van der Waals surface area contributed by atoms with E-state index in [0.717, 1.165) is 37.7 Å². The van der Waals surface area contributed by atoms with Crippen molar-refractivity contribution in [2.45, 2.75) is 0 Å². The molecule has 3 rings (SSSR count). The molecule has 1 aliphatic rings. The molecule has 1 aliphatic heterocycles.